The Labute approximate surface area is 239 Å². The molecular weight excluding hydrogens is 517 g/mol. The molecule has 1 aliphatic carbocycles. The number of hydrogen-bond acceptors (Lipinski definition) is 9. The van der Waals surface area contributed by atoms with Gasteiger partial charge in [-0.2, -0.15) is 14.9 Å². The first kappa shape index (κ1) is 27.7. The number of aryl methyl sites for hydroxylation is 1. The monoisotopic (exact) mass is 549 g/mol. The fourth-order valence-electron chi connectivity index (χ4n) is 5.08. The third-order valence-electron chi connectivity index (χ3n) is 7.51. The Hall–Kier alpha value is -4.85. The number of nitrogens with one attached hydrogen (secondary N) is 4. The van der Waals surface area contributed by atoms with Crippen molar-refractivity contribution in [1.82, 2.24) is 25.9 Å². The molecule has 5 rings (SSSR count). The van der Waals surface area contributed by atoms with Gasteiger partial charge in [-0.05, 0) is 49.8 Å². The Kier molecular flexibility index (Phi) is 7.17. The number of hydrazine groups is 2. The quantitative estimate of drug-likeness (QED) is 0.234. The van der Waals surface area contributed by atoms with Gasteiger partial charge in [-0.1, -0.05) is 32.8 Å². The van der Waals surface area contributed by atoms with E-state index in [-0.39, 0.29) is 5.41 Å². The van der Waals surface area contributed by atoms with E-state index in [2.05, 4.69) is 70.4 Å². The van der Waals surface area contributed by atoms with Crippen molar-refractivity contribution in [2.24, 2.45) is 5.41 Å². The summed E-state index contributed by atoms with van der Waals surface area (Å²) in [5, 5.41) is 29.4. The van der Waals surface area contributed by atoms with E-state index < -0.39 is 17.5 Å². The molecule has 1 aromatic carbocycles. The number of nitriles is 2. The van der Waals surface area contributed by atoms with Crippen LogP contribution in [0.3, 0.4) is 0 Å². The minimum Gasteiger partial charge on any atom is -0.383 e. The van der Waals surface area contributed by atoms with E-state index >= 15 is 0 Å². The molecule has 1 atom stereocenters. The molecule has 1 aliphatic heterocycles. The molecule has 3 heterocycles. The second-order valence-corrected chi connectivity index (χ2v) is 11.7. The topological polar surface area (TPSA) is 125 Å². The molecule has 10 heteroatoms. The number of rotatable bonds is 7. The number of pyridine rings is 2. The van der Waals surface area contributed by atoms with Gasteiger partial charge in [0.15, 0.2) is 0 Å². The minimum atomic E-state index is -0.628. The number of terminal acetylenes is 1. The van der Waals surface area contributed by atoms with E-state index in [4.69, 9.17) is 6.42 Å². The standard InChI is InChI=1S/C31H32FN9/c1-6-20-15-35-28-21(14-33)12-22(13-24(28)27(20)36-18-30(3,4)5)38-29(23-8-9-26(32)37-19(23)2)25-16-41(40-39-25)31(17-34)10-7-11-31/h1,8-9,12-13,15-16,29,38-40H,7,10-11,18H2,2-5H3,(H,35,36)/t29-/m0/s1. The van der Waals surface area contributed by atoms with Crippen molar-refractivity contribution in [1.29, 1.82) is 10.5 Å². The normalized spacial score (nSPS) is 16.4. The SMILES string of the molecule is C#Cc1cnc2c(C#N)cc(N[C@H](C3=CN(C4(C#N)CCC4)NN3)c3ccc(F)nc3C)cc2c1NCC(C)(C)C. The van der Waals surface area contributed by atoms with Crippen LogP contribution in [-0.2, 0) is 0 Å². The zero-order valence-electron chi connectivity index (χ0n) is 23.6. The fourth-order valence-corrected chi connectivity index (χ4v) is 5.08. The Morgan fingerprint density at radius 3 is 2.61 bits per heavy atom. The van der Waals surface area contributed by atoms with E-state index in [1.54, 1.807) is 30.3 Å². The van der Waals surface area contributed by atoms with Gasteiger partial charge in [0.2, 0.25) is 5.95 Å². The number of anilines is 2. The van der Waals surface area contributed by atoms with Crippen LogP contribution in [0.25, 0.3) is 10.9 Å². The Morgan fingerprint density at radius 1 is 1.22 bits per heavy atom. The maximum absolute atomic E-state index is 14.0. The number of benzene rings is 1. The van der Waals surface area contributed by atoms with Crippen LogP contribution in [0.2, 0.25) is 0 Å². The Morgan fingerprint density at radius 2 is 2.00 bits per heavy atom. The third kappa shape index (κ3) is 5.33. The minimum absolute atomic E-state index is 0.0195. The highest BCUT2D eigenvalue weighted by atomic mass is 19.1. The highest BCUT2D eigenvalue weighted by molar-refractivity contribution is 5.99. The maximum Gasteiger partial charge on any atom is 0.213 e. The summed E-state index contributed by atoms with van der Waals surface area (Å²) >= 11 is 0. The highest BCUT2D eigenvalue weighted by Gasteiger charge is 2.44. The van der Waals surface area contributed by atoms with Gasteiger partial charge >= 0.3 is 0 Å². The molecule has 2 aliphatic rings. The summed E-state index contributed by atoms with van der Waals surface area (Å²) in [5.41, 5.74) is 10.5. The number of halogens is 1. The van der Waals surface area contributed by atoms with Crippen LogP contribution in [0.4, 0.5) is 15.8 Å². The van der Waals surface area contributed by atoms with Gasteiger partial charge in [0.05, 0.1) is 40.1 Å². The first-order valence-electron chi connectivity index (χ1n) is 13.5. The van der Waals surface area contributed by atoms with Crippen molar-refractivity contribution in [3.63, 3.8) is 0 Å². The summed E-state index contributed by atoms with van der Waals surface area (Å²) in [6.45, 7) is 8.76. The number of nitrogens with zero attached hydrogens (tertiary/aromatic N) is 5. The lowest BCUT2D eigenvalue weighted by Crippen LogP contribution is -2.56. The van der Waals surface area contributed by atoms with Crippen molar-refractivity contribution in [3.05, 3.63) is 70.7 Å². The van der Waals surface area contributed by atoms with Crippen molar-refractivity contribution >= 4 is 22.3 Å². The zero-order chi connectivity index (χ0) is 29.4. The molecule has 0 amide bonds. The molecule has 1 fully saturated rings. The van der Waals surface area contributed by atoms with Crippen LogP contribution in [0.5, 0.6) is 0 Å². The lowest BCUT2D eigenvalue weighted by Gasteiger charge is -2.41. The Bertz CT molecular complexity index is 1660. The van der Waals surface area contributed by atoms with Gasteiger partial charge in [0.1, 0.15) is 11.6 Å². The van der Waals surface area contributed by atoms with Gasteiger partial charge in [-0.3, -0.25) is 9.99 Å². The van der Waals surface area contributed by atoms with Crippen molar-refractivity contribution in [2.45, 2.75) is 58.5 Å². The molecule has 0 unspecified atom stereocenters. The number of aromatic nitrogens is 2. The van der Waals surface area contributed by atoms with E-state index in [9.17, 15) is 14.9 Å². The van der Waals surface area contributed by atoms with Crippen molar-refractivity contribution in [2.75, 3.05) is 17.2 Å². The van der Waals surface area contributed by atoms with Gasteiger partial charge in [0.25, 0.3) is 0 Å². The lowest BCUT2D eigenvalue weighted by atomic mass is 9.77. The molecule has 208 valence electrons. The average molecular weight is 550 g/mol. The van der Waals surface area contributed by atoms with Crippen molar-refractivity contribution < 1.29 is 4.39 Å². The van der Waals surface area contributed by atoms with Gasteiger partial charge < -0.3 is 16.1 Å². The molecule has 3 aromatic rings. The van der Waals surface area contributed by atoms with Gasteiger partial charge in [-0.15, -0.1) is 12.0 Å². The molecule has 41 heavy (non-hydrogen) atoms. The summed E-state index contributed by atoms with van der Waals surface area (Å²) < 4.78 is 14.0. The smallest absolute Gasteiger partial charge is 0.213 e. The number of hydrogen-bond donors (Lipinski definition) is 4. The van der Waals surface area contributed by atoms with E-state index in [1.807, 2.05) is 12.3 Å². The second-order valence-electron chi connectivity index (χ2n) is 11.7. The van der Waals surface area contributed by atoms with Crippen LogP contribution in [-0.4, -0.2) is 27.1 Å². The molecular formula is C31H32FN9. The molecule has 0 saturated heterocycles. The average Bonchev–Trinajstić information content (AvgIpc) is 3.39. The summed E-state index contributed by atoms with van der Waals surface area (Å²) in [7, 11) is 0. The molecule has 2 aromatic heterocycles. The van der Waals surface area contributed by atoms with E-state index in [1.165, 1.54) is 6.07 Å². The molecule has 0 spiro atoms. The van der Waals surface area contributed by atoms with Crippen LogP contribution >= 0.6 is 0 Å². The second kappa shape index (κ2) is 10.6. The van der Waals surface area contributed by atoms with Crippen molar-refractivity contribution in [3.8, 4) is 24.5 Å². The van der Waals surface area contributed by atoms with Crippen LogP contribution < -0.4 is 21.6 Å². The fraction of sp³-hybridized carbons (Fsp3) is 0.355. The molecule has 0 radical (unpaired) electrons. The summed E-state index contributed by atoms with van der Waals surface area (Å²) in [6, 6.07) is 10.8. The zero-order valence-corrected chi connectivity index (χ0v) is 23.6. The van der Waals surface area contributed by atoms with Crippen LogP contribution in [0.15, 0.2) is 42.4 Å². The predicted molar refractivity (Wildman–Crippen MR) is 156 cm³/mol. The molecule has 9 nitrogen and oxygen atoms in total. The summed E-state index contributed by atoms with van der Waals surface area (Å²) in [4.78, 5) is 8.56. The highest BCUT2D eigenvalue weighted by Crippen LogP contribution is 2.39. The van der Waals surface area contributed by atoms with E-state index in [0.717, 1.165) is 30.5 Å². The largest absolute Gasteiger partial charge is 0.383 e. The summed E-state index contributed by atoms with van der Waals surface area (Å²) in [5.74, 6) is 2.14. The molecule has 4 N–H and O–H groups in total. The van der Waals surface area contributed by atoms with Gasteiger partial charge in [0, 0.05) is 41.3 Å². The Balaban J connectivity index is 1.61. The first-order valence-corrected chi connectivity index (χ1v) is 13.5. The molecule has 0 bridgehead atoms. The third-order valence-corrected chi connectivity index (χ3v) is 7.51. The first-order chi connectivity index (χ1) is 19.6. The predicted octanol–water partition coefficient (Wildman–Crippen LogP) is 5.15. The van der Waals surface area contributed by atoms with E-state index in [0.29, 0.717) is 45.7 Å². The molecule has 1 saturated carbocycles. The van der Waals surface area contributed by atoms with Crippen LogP contribution in [0.1, 0.15) is 68.5 Å². The van der Waals surface area contributed by atoms with Gasteiger partial charge in [-0.25, -0.2) is 4.98 Å². The summed E-state index contributed by atoms with van der Waals surface area (Å²) in [6.07, 6.45) is 11.8. The number of fused-ring (bicyclic) bond motifs is 1. The lowest BCUT2D eigenvalue weighted by molar-refractivity contribution is 0.0668. The van der Waals surface area contributed by atoms with Crippen LogP contribution in [0, 0.1) is 53.3 Å². The maximum atomic E-state index is 14.0.